The lowest BCUT2D eigenvalue weighted by Crippen LogP contribution is -2.15. The molecule has 2 rings (SSSR count). The molecule has 0 saturated heterocycles. The zero-order valence-corrected chi connectivity index (χ0v) is 13.0. The molecule has 1 aromatic heterocycles. The van der Waals surface area contributed by atoms with Gasteiger partial charge in [0.25, 0.3) is 5.91 Å². The van der Waals surface area contributed by atoms with E-state index >= 15 is 0 Å². The molecule has 0 spiro atoms. The molecule has 20 heavy (non-hydrogen) atoms. The summed E-state index contributed by atoms with van der Waals surface area (Å²) in [5.74, 6) is -0.158. The zero-order chi connectivity index (χ0) is 14.5. The molecule has 5 heteroatoms. The molecule has 0 atom stereocenters. The highest BCUT2D eigenvalue weighted by Gasteiger charge is 2.12. The van der Waals surface area contributed by atoms with Crippen molar-refractivity contribution in [3.63, 3.8) is 0 Å². The summed E-state index contributed by atoms with van der Waals surface area (Å²) >= 11 is 3.44. The van der Waals surface area contributed by atoms with Crippen LogP contribution in [0.4, 0.5) is 11.4 Å². The minimum Gasteiger partial charge on any atom is -0.383 e. The van der Waals surface area contributed by atoms with E-state index in [-0.39, 0.29) is 5.91 Å². The maximum Gasteiger partial charge on any atom is 0.257 e. The molecule has 2 N–H and O–H groups in total. The first-order chi connectivity index (χ1) is 9.61. The van der Waals surface area contributed by atoms with Gasteiger partial charge in [-0.3, -0.25) is 9.78 Å². The summed E-state index contributed by atoms with van der Waals surface area (Å²) < 4.78 is 0.857. The van der Waals surface area contributed by atoms with Crippen molar-refractivity contribution in [3.05, 3.63) is 52.3 Å². The third-order valence-corrected chi connectivity index (χ3v) is 3.49. The molecule has 2 aromatic rings. The summed E-state index contributed by atoms with van der Waals surface area (Å²) in [6.07, 6.45) is 3.27. The molecule has 0 bridgehead atoms. The number of hydrogen-bond acceptors (Lipinski definition) is 3. The van der Waals surface area contributed by atoms with E-state index in [1.807, 2.05) is 32.0 Å². The van der Waals surface area contributed by atoms with Crippen LogP contribution in [0.15, 0.2) is 41.1 Å². The fourth-order valence-electron chi connectivity index (χ4n) is 1.85. The molecular formula is C15H16BrN3O. The number of carbonyl (C=O) groups excluding carboxylic acids is 1. The van der Waals surface area contributed by atoms with Gasteiger partial charge < -0.3 is 10.6 Å². The second-order valence-corrected chi connectivity index (χ2v) is 5.24. The number of aromatic nitrogens is 1. The predicted octanol–water partition coefficient (Wildman–Crippen LogP) is 3.84. The number of benzene rings is 1. The Labute approximate surface area is 126 Å². The minimum atomic E-state index is -0.158. The van der Waals surface area contributed by atoms with Crippen LogP contribution in [0.2, 0.25) is 0 Å². The minimum absolute atomic E-state index is 0.158. The Balaban J connectivity index is 2.26. The quantitative estimate of drug-likeness (QED) is 0.893. The molecule has 0 fully saturated rings. The fourth-order valence-corrected chi connectivity index (χ4v) is 2.19. The van der Waals surface area contributed by atoms with E-state index in [2.05, 4.69) is 31.5 Å². The van der Waals surface area contributed by atoms with E-state index < -0.39 is 0 Å². The monoisotopic (exact) mass is 333 g/mol. The van der Waals surface area contributed by atoms with Crippen molar-refractivity contribution in [1.29, 1.82) is 0 Å². The second-order valence-electron chi connectivity index (χ2n) is 4.39. The number of aryl methyl sites for hydroxylation is 1. The predicted molar refractivity (Wildman–Crippen MR) is 85.2 cm³/mol. The first-order valence-electron chi connectivity index (χ1n) is 6.37. The van der Waals surface area contributed by atoms with Crippen LogP contribution < -0.4 is 10.6 Å². The van der Waals surface area contributed by atoms with Crippen LogP contribution in [-0.4, -0.2) is 17.4 Å². The van der Waals surface area contributed by atoms with E-state index in [0.29, 0.717) is 5.56 Å². The average molecular weight is 334 g/mol. The van der Waals surface area contributed by atoms with Crippen LogP contribution in [-0.2, 0) is 0 Å². The summed E-state index contributed by atoms with van der Waals surface area (Å²) in [6, 6.07) is 7.53. The van der Waals surface area contributed by atoms with Crippen molar-refractivity contribution in [2.24, 2.45) is 0 Å². The molecular weight excluding hydrogens is 318 g/mol. The van der Waals surface area contributed by atoms with Crippen molar-refractivity contribution in [2.45, 2.75) is 13.8 Å². The van der Waals surface area contributed by atoms with Crippen LogP contribution >= 0.6 is 15.9 Å². The van der Waals surface area contributed by atoms with E-state index in [1.165, 1.54) is 0 Å². The average Bonchev–Trinajstić information content (AvgIpc) is 2.44. The maximum absolute atomic E-state index is 12.4. The molecule has 1 amide bonds. The number of halogens is 1. The molecule has 0 saturated carbocycles. The number of pyridine rings is 1. The lowest BCUT2D eigenvalue weighted by molar-refractivity contribution is 0.102. The highest BCUT2D eigenvalue weighted by atomic mass is 79.9. The van der Waals surface area contributed by atoms with Crippen molar-refractivity contribution in [3.8, 4) is 0 Å². The van der Waals surface area contributed by atoms with Crippen LogP contribution in [0.25, 0.3) is 0 Å². The van der Waals surface area contributed by atoms with Gasteiger partial charge in [0.1, 0.15) is 0 Å². The molecule has 0 radical (unpaired) electrons. The van der Waals surface area contributed by atoms with Gasteiger partial charge in [-0.1, -0.05) is 6.07 Å². The molecule has 0 aliphatic heterocycles. The summed E-state index contributed by atoms with van der Waals surface area (Å²) in [4.78, 5) is 16.4. The Morgan fingerprint density at radius 1 is 1.30 bits per heavy atom. The molecule has 1 aromatic carbocycles. The number of anilines is 2. The zero-order valence-electron chi connectivity index (χ0n) is 11.4. The summed E-state index contributed by atoms with van der Waals surface area (Å²) in [6.45, 7) is 4.70. The molecule has 104 valence electrons. The maximum atomic E-state index is 12.4. The Bertz CT molecular complexity index is 628. The van der Waals surface area contributed by atoms with Gasteiger partial charge in [-0.25, -0.2) is 0 Å². The molecule has 1 heterocycles. The lowest BCUT2D eigenvalue weighted by Gasteiger charge is -2.12. The Morgan fingerprint density at radius 2 is 2.10 bits per heavy atom. The molecule has 0 unspecified atom stereocenters. The topological polar surface area (TPSA) is 54.0 Å². The van der Waals surface area contributed by atoms with E-state index in [4.69, 9.17) is 0 Å². The number of rotatable bonds is 4. The number of nitrogens with zero attached hydrogens (tertiary/aromatic N) is 1. The van der Waals surface area contributed by atoms with Crippen LogP contribution in [0.3, 0.4) is 0 Å². The van der Waals surface area contributed by atoms with Crippen molar-refractivity contribution in [2.75, 3.05) is 17.2 Å². The van der Waals surface area contributed by atoms with E-state index in [0.717, 1.165) is 28.0 Å². The van der Waals surface area contributed by atoms with Crippen LogP contribution in [0, 0.1) is 6.92 Å². The van der Waals surface area contributed by atoms with Gasteiger partial charge in [0.15, 0.2) is 0 Å². The Kier molecular flexibility index (Phi) is 4.74. The second kappa shape index (κ2) is 6.52. The fraction of sp³-hybridized carbons (Fsp3) is 0.200. The summed E-state index contributed by atoms with van der Waals surface area (Å²) in [5.41, 5.74) is 3.16. The highest BCUT2D eigenvalue weighted by Crippen LogP contribution is 2.24. The lowest BCUT2D eigenvalue weighted by atomic mass is 10.2. The first-order valence-corrected chi connectivity index (χ1v) is 7.16. The van der Waals surface area contributed by atoms with Gasteiger partial charge in [0.2, 0.25) is 0 Å². The van der Waals surface area contributed by atoms with Crippen molar-refractivity contribution in [1.82, 2.24) is 4.98 Å². The SMILES string of the molecule is CCNc1cnccc1C(=O)Nc1cc(C)ccc1Br. The third kappa shape index (κ3) is 3.36. The van der Waals surface area contributed by atoms with E-state index in [1.54, 1.807) is 18.5 Å². The first kappa shape index (κ1) is 14.5. The third-order valence-electron chi connectivity index (χ3n) is 2.80. The molecule has 4 nitrogen and oxygen atoms in total. The number of hydrogen-bond donors (Lipinski definition) is 2. The normalized spacial score (nSPS) is 10.2. The van der Waals surface area contributed by atoms with E-state index in [9.17, 15) is 4.79 Å². The number of nitrogens with one attached hydrogen (secondary N) is 2. The van der Waals surface area contributed by atoms with Crippen molar-refractivity contribution >= 4 is 33.2 Å². The highest BCUT2D eigenvalue weighted by molar-refractivity contribution is 9.10. The van der Waals surface area contributed by atoms with Gasteiger partial charge in [-0.05, 0) is 53.5 Å². The standard InChI is InChI=1S/C15H16BrN3O/c1-3-18-14-9-17-7-6-11(14)15(20)19-13-8-10(2)4-5-12(13)16/h4-9,18H,3H2,1-2H3,(H,19,20). The van der Waals surface area contributed by atoms with Crippen LogP contribution in [0.1, 0.15) is 22.8 Å². The Hall–Kier alpha value is -1.88. The Morgan fingerprint density at radius 3 is 2.85 bits per heavy atom. The number of amides is 1. The van der Waals surface area contributed by atoms with Gasteiger partial charge in [0, 0.05) is 17.2 Å². The van der Waals surface area contributed by atoms with Crippen molar-refractivity contribution < 1.29 is 4.79 Å². The largest absolute Gasteiger partial charge is 0.383 e. The molecule has 0 aliphatic rings. The van der Waals surface area contributed by atoms with Gasteiger partial charge in [-0.2, -0.15) is 0 Å². The smallest absolute Gasteiger partial charge is 0.257 e. The van der Waals surface area contributed by atoms with Gasteiger partial charge in [0.05, 0.1) is 23.1 Å². The van der Waals surface area contributed by atoms with Crippen LogP contribution in [0.5, 0.6) is 0 Å². The summed E-state index contributed by atoms with van der Waals surface area (Å²) in [7, 11) is 0. The molecule has 0 aliphatic carbocycles. The summed E-state index contributed by atoms with van der Waals surface area (Å²) in [5, 5.41) is 6.05. The van der Waals surface area contributed by atoms with Gasteiger partial charge in [-0.15, -0.1) is 0 Å². The van der Waals surface area contributed by atoms with Gasteiger partial charge >= 0.3 is 0 Å². The number of carbonyl (C=O) groups is 1.